The van der Waals surface area contributed by atoms with E-state index in [9.17, 15) is 9.90 Å². The molecule has 0 heterocycles. The maximum absolute atomic E-state index is 13.7. The first kappa shape index (κ1) is 23.1. The molecule has 33 heavy (non-hydrogen) atoms. The molecule has 0 bridgehead atoms. The van der Waals surface area contributed by atoms with Gasteiger partial charge in [-0.1, -0.05) is 70.7 Å². The molecule has 2 N–H and O–H groups in total. The van der Waals surface area contributed by atoms with Gasteiger partial charge in [0.1, 0.15) is 5.75 Å². The molecule has 0 aromatic heterocycles. The van der Waals surface area contributed by atoms with E-state index in [1.165, 1.54) is 17.5 Å². The monoisotopic (exact) mass is 441 g/mol. The predicted octanol–water partition coefficient (Wildman–Crippen LogP) is 7.20. The maximum atomic E-state index is 13.7. The van der Waals surface area contributed by atoms with Crippen molar-refractivity contribution < 1.29 is 9.90 Å². The summed E-state index contributed by atoms with van der Waals surface area (Å²) < 4.78 is 0. The summed E-state index contributed by atoms with van der Waals surface area (Å²) in [5.41, 5.74) is 5.80. The summed E-state index contributed by atoms with van der Waals surface area (Å²) in [4.78, 5) is 13.7. The first-order valence-electron chi connectivity index (χ1n) is 11.8. The number of hydrogen-bond acceptors (Lipinski definition) is 2. The summed E-state index contributed by atoms with van der Waals surface area (Å²) >= 11 is 0. The fraction of sp³-hybridized carbons (Fsp3) is 0.367. The van der Waals surface area contributed by atoms with E-state index < -0.39 is 5.41 Å². The van der Waals surface area contributed by atoms with Gasteiger partial charge in [-0.15, -0.1) is 0 Å². The number of phenols is 1. The number of rotatable bonds is 4. The molecule has 172 valence electrons. The van der Waals surface area contributed by atoms with Crippen LogP contribution in [0.1, 0.15) is 69.2 Å². The Labute approximate surface area is 197 Å². The predicted molar refractivity (Wildman–Crippen MR) is 138 cm³/mol. The van der Waals surface area contributed by atoms with Gasteiger partial charge in [-0.25, -0.2) is 0 Å². The van der Waals surface area contributed by atoms with Gasteiger partial charge in [0.05, 0.1) is 5.41 Å². The van der Waals surface area contributed by atoms with Gasteiger partial charge in [-0.05, 0) is 89.1 Å². The Morgan fingerprint density at radius 3 is 2.15 bits per heavy atom. The van der Waals surface area contributed by atoms with Gasteiger partial charge >= 0.3 is 0 Å². The number of carbonyl (C=O) groups excluding carboxylic acids is 1. The number of benzene rings is 2. The Bertz CT molecular complexity index is 1160. The van der Waals surface area contributed by atoms with E-state index in [0.717, 1.165) is 23.1 Å². The van der Waals surface area contributed by atoms with Crippen LogP contribution in [0.3, 0.4) is 0 Å². The minimum absolute atomic E-state index is 0.0807. The zero-order chi connectivity index (χ0) is 24.0. The van der Waals surface area contributed by atoms with Crippen LogP contribution in [0.25, 0.3) is 5.57 Å². The van der Waals surface area contributed by atoms with Crippen molar-refractivity contribution in [2.24, 2.45) is 5.41 Å². The second kappa shape index (κ2) is 8.06. The Morgan fingerprint density at radius 1 is 0.970 bits per heavy atom. The average molecular weight is 442 g/mol. The van der Waals surface area contributed by atoms with Crippen molar-refractivity contribution in [1.29, 1.82) is 0 Å². The lowest BCUT2D eigenvalue weighted by atomic mass is 9.61. The first-order chi connectivity index (χ1) is 15.5. The number of anilines is 1. The van der Waals surface area contributed by atoms with E-state index in [4.69, 9.17) is 0 Å². The molecule has 2 aromatic carbocycles. The molecule has 0 aliphatic heterocycles. The number of aromatic hydroxyl groups is 1. The summed E-state index contributed by atoms with van der Waals surface area (Å²) in [6, 6.07) is 11.2. The molecule has 3 heteroatoms. The summed E-state index contributed by atoms with van der Waals surface area (Å²) in [6.45, 7) is 15.9. The van der Waals surface area contributed by atoms with Crippen LogP contribution in [0.15, 0.2) is 67.3 Å². The molecule has 0 fully saturated rings. The van der Waals surface area contributed by atoms with Gasteiger partial charge in [0.15, 0.2) is 0 Å². The molecule has 1 amide bonds. The molecule has 2 aliphatic carbocycles. The minimum atomic E-state index is -0.875. The molecule has 2 aromatic rings. The van der Waals surface area contributed by atoms with Gasteiger partial charge in [-0.2, -0.15) is 0 Å². The standard InChI is InChI=1S/C30H35NO2/c1-20-18-25-26(29(5,6)17-16-28(25,3)4)19-24(20)21(2)30(14-8-7-9-15-30)27(33)31-22-10-12-23(32)13-11-22/h7-14,18-19,32H,2,15-17H2,1,3-6H3,(H,31,33). The van der Waals surface area contributed by atoms with E-state index >= 15 is 0 Å². The molecule has 1 unspecified atom stereocenters. The molecule has 0 saturated heterocycles. The number of phenolic OH excluding ortho intramolecular Hbond substituents is 1. The van der Waals surface area contributed by atoms with Gasteiger partial charge < -0.3 is 10.4 Å². The lowest BCUT2D eigenvalue weighted by Gasteiger charge is -2.43. The number of aryl methyl sites for hydroxylation is 1. The highest BCUT2D eigenvalue weighted by Crippen LogP contribution is 2.49. The van der Waals surface area contributed by atoms with E-state index in [0.29, 0.717) is 12.1 Å². The molecule has 4 rings (SSSR count). The fourth-order valence-electron chi connectivity index (χ4n) is 5.22. The van der Waals surface area contributed by atoms with Gasteiger partial charge in [0, 0.05) is 5.69 Å². The fourth-order valence-corrected chi connectivity index (χ4v) is 5.22. The summed E-state index contributed by atoms with van der Waals surface area (Å²) in [5, 5.41) is 12.6. The topological polar surface area (TPSA) is 49.3 Å². The molecule has 0 saturated carbocycles. The number of amides is 1. The highest BCUT2D eigenvalue weighted by Gasteiger charge is 2.42. The zero-order valence-corrected chi connectivity index (χ0v) is 20.5. The summed E-state index contributed by atoms with van der Waals surface area (Å²) in [5.74, 6) is 0.0540. The van der Waals surface area contributed by atoms with Crippen LogP contribution < -0.4 is 5.32 Å². The molecule has 2 aliphatic rings. The van der Waals surface area contributed by atoms with E-state index in [-0.39, 0.29) is 22.5 Å². The smallest absolute Gasteiger partial charge is 0.239 e. The van der Waals surface area contributed by atoms with Gasteiger partial charge in [0.25, 0.3) is 0 Å². The third-order valence-electron chi connectivity index (χ3n) is 7.66. The largest absolute Gasteiger partial charge is 0.508 e. The van der Waals surface area contributed by atoms with Crippen molar-refractivity contribution in [1.82, 2.24) is 0 Å². The molecule has 1 atom stereocenters. The normalized spacial score (nSPS) is 22.5. The Hall–Kier alpha value is -3.07. The second-order valence-corrected chi connectivity index (χ2v) is 10.9. The number of carbonyl (C=O) groups is 1. The number of nitrogens with one attached hydrogen (secondary N) is 1. The highest BCUT2D eigenvalue weighted by atomic mass is 16.3. The second-order valence-electron chi connectivity index (χ2n) is 10.9. The van der Waals surface area contributed by atoms with Gasteiger partial charge in [0.2, 0.25) is 5.91 Å². The third-order valence-corrected chi connectivity index (χ3v) is 7.66. The Balaban J connectivity index is 1.78. The summed E-state index contributed by atoms with van der Waals surface area (Å²) in [6.07, 6.45) is 10.8. The molecule has 0 spiro atoms. The quantitative estimate of drug-likeness (QED) is 0.493. The minimum Gasteiger partial charge on any atom is -0.508 e. The van der Waals surface area contributed by atoms with Crippen molar-refractivity contribution in [3.05, 3.63) is 89.5 Å². The van der Waals surface area contributed by atoms with Crippen molar-refractivity contribution in [2.75, 3.05) is 5.32 Å². The van der Waals surface area contributed by atoms with Crippen LogP contribution in [-0.2, 0) is 15.6 Å². The van der Waals surface area contributed by atoms with Crippen molar-refractivity contribution in [2.45, 2.75) is 64.7 Å². The van der Waals surface area contributed by atoms with Crippen LogP contribution in [0.2, 0.25) is 0 Å². The SMILES string of the molecule is C=C(c1cc2c(cc1C)C(C)(C)CCC2(C)C)C1(C(=O)Nc2ccc(O)cc2)C=CC=CC1. The van der Waals surface area contributed by atoms with Crippen LogP contribution in [0.4, 0.5) is 5.69 Å². The van der Waals surface area contributed by atoms with Crippen molar-refractivity contribution in [3.8, 4) is 5.75 Å². The van der Waals surface area contributed by atoms with Crippen LogP contribution in [-0.4, -0.2) is 11.0 Å². The van der Waals surface area contributed by atoms with Crippen molar-refractivity contribution >= 4 is 17.2 Å². The van der Waals surface area contributed by atoms with Crippen LogP contribution >= 0.6 is 0 Å². The molecule has 0 radical (unpaired) electrons. The van der Waals surface area contributed by atoms with Gasteiger partial charge in [-0.3, -0.25) is 4.79 Å². The van der Waals surface area contributed by atoms with E-state index in [2.05, 4.69) is 58.6 Å². The first-order valence-corrected chi connectivity index (χ1v) is 11.8. The average Bonchev–Trinajstić information content (AvgIpc) is 2.78. The number of allylic oxidation sites excluding steroid dienone is 3. The third kappa shape index (κ3) is 4.06. The lowest BCUT2D eigenvalue weighted by Crippen LogP contribution is -2.37. The Kier molecular flexibility index (Phi) is 5.64. The van der Waals surface area contributed by atoms with Crippen LogP contribution in [0.5, 0.6) is 5.75 Å². The van der Waals surface area contributed by atoms with Crippen LogP contribution in [0, 0.1) is 12.3 Å². The molecule has 3 nitrogen and oxygen atoms in total. The Morgan fingerprint density at radius 2 is 1.58 bits per heavy atom. The van der Waals surface area contributed by atoms with E-state index in [1.54, 1.807) is 24.3 Å². The number of fused-ring (bicyclic) bond motifs is 1. The maximum Gasteiger partial charge on any atom is 0.239 e. The molecular formula is C30H35NO2. The highest BCUT2D eigenvalue weighted by molar-refractivity contribution is 6.06. The zero-order valence-electron chi connectivity index (χ0n) is 20.5. The molecular weight excluding hydrogens is 406 g/mol. The number of hydrogen-bond donors (Lipinski definition) is 2. The van der Waals surface area contributed by atoms with E-state index in [1.807, 2.05) is 24.3 Å². The van der Waals surface area contributed by atoms with Crippen molar-refractivity contribution in [3.63, 3.8) is 0 Å². The summed E-state index contributed by atoms with van der Waals surface area (Å²) in [7, 11) is 0. The lowest BCUT2D eigenvalue weighted by molar-refractivity contribution is -0.120.